The summed E-state index contributed by atoms with van der Waals surface area (Å²) in [5, 5.41) is 7.69. The van der Waals surface area contributed by atoms with E-state index in [0.717, 1.165) is 23.2 Å². The van der Waals surface area contributed by atoms with Crippen LogP contribution in [0.2, 0.25) is 0 Å². The van der Waals surface area contributed by atoms with Crippen molar-refractivity contribution in [3.05, 3.63) is 42.1 Å². The molecule has 0 saturated carbocycles. The molecular formula is C16H23N5. The number of guanidine groups is 1. The quantitative estimate of drug-likeness (QED) is 0.654. The van der Waals surface area contributed by atoms with Crippen molar-refractivity contribution >= 4 is 5.96 Å². The van der Waals surface area contributed by atoms with Crippen LogP contribution >= 0.6 is 0 Å². The van der Waals surface area contributed by atoms with Crippen LogP contribution in [0.1, 0.15) is 25.8 Å². The van der Waals surface area contributed by atoms with Crippen molar-refractivity contribution in [1.82, 2.24) is 15.1 Å². The Bertz CT molecular complexity index is 600. The molecule has 0 aliphatic carbocycles. The third-order valence-corrected chi connectivity index (χ3v) is 3.38. The maximum atomic E-state index is 5.91. The van der Waals surface area contributed by atoms with Crippen LogP contribution in [-0.4, -0.2) is 21.8 Å². The highest BCUT2D eigenvalue weighted by atomic mass is 15.3. The van der Waals surface area contributed by atoms with Crippen LogP contribution in [0.5, 0.6) is 0 Å². The molecule has 1 unspecified atom stereocenters. The third kappa shape index (κ3) is 4.08. The largest absolute Gasteiger partial charge is 0.370 e. The summed E-state index contributed by atoms with van der Waals surface area (Å²) in [4.78, 5) is 4.41. The lowest BCUT2D eigenvalue weighted by atomic mass is 10.1. The summed E-state index contributed by atoms with van der Waals surface area (Å²) in [6.45, 7) is 4.72. The Morgan fingerprint density at radius 3 is 2.76 bits per heavy atom. The van der Waals surface area contributed by atoms with E-state index in [9.17, 15) is 0 Å². The van der Waals surface area contributed by atoms with E-state index < -0.39 is 0 Å². The predicted molar refractivity (Wildman–Crippen MR) is 86.9 cm³/mol. The fourth-order valence-corrected chi connectivity index (χ4v) is 2.06. The summed E-state index contributed by atoms with van der Waals surface area (Å²) in [6, 6.07) is 10.5. The smallest absolute Gasteiger partial charge is 0.189 e. The number of nitrogens with zero attached hydrogens (tertiary/aromatic N) is 3. The van der Waals surface area contributed by atoms with Gasteiger partial charge in [0.05, 0.1) is 12.2 Å². The van der Waals surface area contributed by atoms with Crippen molar-refractivity contribution in [3.8, 4) is 11.3 Å². The topological polar surface area (TPSA) is 68.2 Å². The Morgan fingerprint density at radius 1 is 1.38 bits per heavy atom. The molecular weight excluding hydrogens is 262 g/mol. The van der Waals surface area contributed by atoms with Crippen LogP contribution in [0.25, 0.3) is 11.3 Å². The van der Waals surface area contributed by atoms with Gasteiger partial charge in [-0.3, -0.25) is 4.68 Å². The molecule has 0 fully saturated rings. The van der Waals surface area contributed by atoms with Crippen molar-refractivity contribution in [3.63, 3.8) is 0 Å². The second kappa shape index (κ2) is 6.92. The number of hydrogen-bond acceptors (Lipinski definition) is 2. The zero-order chi connectivity index (χ0) is 15.2. The molecule has 1 aromatic heterocycles. The number of aryl methyl sites for hydroxylation is 1. The van der Waals surface area contributed by atoms with Crippen molar-refractivity contribution in [2.75, 3.05) is 0 Å². The number of aromatic nitrogens is 2. The Kier molecular flexibility index (Phi) is 4.98. The summed E-state index contributed by atoms with van der Waals surface area (Å²) in [7, 11) is 1.92. The molecule has 0 bridgehead atoms. The highest BCUT2D eigenvalue weighted by Crippen LogP contribution is 2.22. The average Bonchev–Trinajstić information content (AvgIpc) is 2.87. The van der Waals surface area contributed by atoms with E-state index in [2.05, 4.69) is 41.4 Å². The number of nitrogens with one attached hydrogen (secondary N) is 1. The van der Waals surface area contributed by atoms with Gasteiger partial charge >= 0.3 is 0 Å². The Morgan fingerprint density at radius 2 is 2.10 bits per heavy atom. The van der Waals surface area contributed by atoms with Gasteiger partial charge < -0.3 is 11.1 Å². The SMILES string of the molecule is CCC(C)NC(N)=NCc1cn(C)nc1-c1ccccc1. The molecule has 0 amide bonds. The van der Waals surface area contributed by atoms with Gasteiger partial charge in [0.1, 0.15) is 0 Å². The zero-order valence-corrected chi connectivity index (χ0v) is 12.9. The summed E-state index contributed by atoms with van der Waals surface area (Å²) in [6.07, 6.45) is 3.00. The molecule has 0 spiro atoms. The first kappa shape index (κ1) is 15.1. The second-order valence-electron chi connectivity index (χ2n) is 5.20. The van der Waals surface area contributed by atoms with Crippen molar-refractivity contribution in [2.24, 2.45) is 17.8 Å². The van der Waals surface area contributed by atoms with Gasteiger partial charge in [0, 0.05) is 30.4 Å². The van der Waals surface area contributed by atoms with Crippen molar-refractivity contribution in [2.45, 2.75) is 32.9 Å². The lowest BCUT2D eigenvalue weighted by Gasteiger charge is -2.11. The number of hydrogen-bond donors (Lipinski definition) is 2. The maximum absolute atomic E-state index is 5.91. The number of aliphatic imine (C=N–C) groups is 1. The van der Waals surface area contributed by atoms with E-state index in [-0.39, 0.29) is 0 Å². The van der Waals surface area contributed by atoms with Gasteiger partial charge in [0.2, 0.25) is 0 Å². The molecule has 0 radical (unpaired) electrons. The van der Waals surface area contributed by atoms with E-state index in [1.54, 1.807) is 0 Å². The third-order valence-electron chi connectivity index (χ3n) is 3.38. The van der Waals surface area contributed by atoms with Gasteiger partial charge in [-0.15, -0.1) is 0 Å². The van der Waals surface area contributed by atoms with Crippen LogP contribution < -0.4 is 11.1 Å². The van der Waals surface area contributed by atoms with Crippen LogP contribution in [0.4, 0.5) is 0 Å². The second-order valence-corrected chi connectivity index (χ2v) is 5.20. The standard InChI is InChI=1S/C16H23N5/c1-4-12(2)19-16(17)18-10-14-11-21(3)20-15(14)13-8-6-5-7-9-13/h5-9,11-12H,4,10H2,1-3H3,(H3,17,18,19). The Balaban J connectivity index is 2.16. The molecule has 0 aliphatic rings. The molecule has 3 N–H and O–H groups in total. The minimum absolute atomic E-state index is 0.330. The molecule has 1 aromatic carbocycles. The predicted octanol–water partition coefficient (Wildman–Crippen LogP) is 2.29. The lowest BCUT2D eigenvalue weighted by molar-refractivity contribution is 0.636. The van der Waals surface area contributed by atoms with Gasteiger partial charge in [-0.2, -0.15) is 5.10 Å². The van der Waals surface area contributed by atoms with Gasteiger partial charge in [-0.05, 0) is 13.3 Å². The molecule has 0 saturated heterocycles. The fraction of sp³-hybridized carbons (Fsp3) is 0.375. The first-order valence-electron chi connectivity index (χ1n) is 7.24. The lowest BCUT2D eigenvalue weighted by Crippen LogP contribution is -2.38. The van der Waals surface area contributed by atoms with Crippen LogP contribution in [0.3, 0.4) is 0 Å². The molecule has 1 heterocycles. The summed E-state index contributed by atoms with van der Waals surface area (Å²) < 4.78 is 1.81. The first-order valence-corrected chi connectivity index (χ1v) is 7.24. The van der Waals surface area contributed by atoms with E-state index in [4.69, 9.17) is 5.73 Å². The molecule has 0 aliphatic heterocycles. The molecule has 112 valence electrons. The maximum Gasteiger partial charge on any atom is 0.189 e. The first-order chi connectivity index (χ1) is 10.1. The zero-order valence-electron chi connectivity index (χ0n) is 12.9. The fourth-order valence-electron chi connectivity index (χ4n) is 2.06. The molecule has 2 aromatic rings. The highest BCUT2D eigenvalue weighted by molar-refractivity contribution is 5.78. The van der Waals surface area contributed by atoms with E-state index in [0.29, 0.717) is 18.5 Å². The van der Waals surface area contributed by atoms with Gasteiger partial charge in [0.25, 0.3) is 0 Å². The summed E-state index contributed by atoms with van der Waals surface area (Å²) in [5.74, 6) is 0.479. The van der Waals surface area contributed by atoms with E-state index in [1.165, 1.54) is 0 Å². The highest BCUT2D eigenvalue weighted by Gasteiger charge is 2.09. The van der Waals surface area contributed by atoms with Gasteiger partial charge in [-0.25, -0.2) is 4.99 Å². The Labute approximate surface area is 125 Å². The number of rotatable bonds is 5. The molecule has 21 heavy (non-hydrogen) atoms. The number of benzene rings is 1. The molecule has 5 heteroatoms. The molecule has 2 rings (SSSR count). The van der Waals surface area contributed by atoms with E-state index in [1.807, 2.05) is 36.1 Å². The van der Waals surface area contributed by atoms with Crippen molar-refractivity contribution in [1.29, 1.82) is 0 Å². The monoisotopic (exact) mass is 285 g/mol. The molecule has 5 nitrogen and oxygen atoms in total. The summed E-state index contributed by atoms with van der Waals surface area (Å²) >= 11 is 0. The summed E-state index contributed by atoms with van der Waals surface area (Å²) in [5.41, 5.74) is 9.02. The van der Waals surface area contributed by atoms with Crippen LogP contribution in [0, 0.1) is 0 Å². The average molecular weight is 285 g/mol. The van der Waals surface area contributed by atoms with Gasteiger partial charge in [-0.1, -0.05) is 37.3 Å². The number of nitrogens with two attached hydrogens (primary N) is 1. The Hall–Kier alpha value is -2.30. The van der Waals surface area contributed by atoms with Crippen LogP contribution in [0.15, 0.2) is 41.5 Å². The minimum Gasteiger partial charge on any atom is -0.370 e. The molecule has 1 atom stereocenters. The van der Waals surface area contributed by atoms with Crippen molar-refractivity contribution < 1.29 is 0 Å². The van der Waals surface area contributed by atoms with Gasteiger partial charge in [0.15, 0.2) is 5.96 Å². The minimum atomic E-state index is 0.330. The normalized spacial score (nSPS) is 13.2. The van der Waals surface area contributed by atoms with E-state index >= 15 is 0 Å². The van der Waals surface area contributed by atoms with Crippen LogP contribution in [-0.2, 0) is 13.6 Å².